The van der Waals surface area contributed by atoms with Crippen LogP contribution in [-0.2, 0) is 16.1 Å². The topological polar surface area (TPSA) is 65.3 Å². The van der Waals surface area contributed by atoms with Crippen molar-refractivity contribution < 1.29 is 9.53 Å². The van der Waals surface area contributed by atoms with E-state index in [2.05, 4.69) is 35.2 Å². The minimum absolute atomic E-state index is 0.0298. The van der Waals surface area contributed by atoms with E-state index in [4.69, 9.17) is 4.74 Å². The number of para-hydroxylation sites is 2. The summed E-state index contributed by atoms with van der Waals surface area (Å²) in [6.07, 6.45) is -0.687. The van der Waals surface area contributed by atoms with Gasteiger partial charge in [0.2, 0.25) is 5.91 Å². The summed E-state index contributed by atoms with van der Waals surface area (Å²) in [6, 6.07) is 23.6. The lowest BCUT2D eigenvalue weighted by Gasteiger charge is -2.18. The number of benzene rings is 3. The van der Waals surface area contributed by atoms with Crippen LogP contribution >= 0.6 is 23.3 Å². The van der Waals surface area contributed by atoms with Gasteiger partial charge in [0.1, 0.15) is 6.23 Å². The minimum atomic E-state index is -0.717. The molecular formula is C28H27N3O3S2. The summed E-state index contributed by atoms with van der Waals surface area (Å²) in [5, 5.41) is 3.33. The summed E-state index contributed by atoms with van der Waals surface area (Å²) in [6.45, 7) is 4.80. The van der Waals surface area contributed by atoms with Crippen LogP contribution in [0.4, 0.5) is 0 Å². The maximum absolute atomic E-state index is 13.8. The predicted molar refractivity (Wildman–Crippen MR) is 148 cm³/mol. The van der Waals surface area contributed by atoms with Gasteiger partial charge < -0.3 is 4.74 Å². The van der Waals surface area contributed by atoms with Crippen LogP contribution in [0.2, 0.25) is 0 Å². The third-order valence-electron chi connectivity index (χ3n) is 6.11. The summed E-state index contributed by atoms with van der Waals surface area (Å²) in [7, 11) is 0. The van der Waals surface area contributed by atoms with Gasteiger partial charge in [0, 0.05) is 21.6 Å². The van der Waals surface area contributed by atoms with Crippen molar-refractivity contribution in [1.29, 1.82) is 0 Å². The first-order chi connectivity index (χ1) is 17.6. The fourth-order valence-electron chi connectivity index (χ4n) is 4.52. The lowest BCUT2D eigenvalue weighted by molar-refractivity contribution is -0.124. The summed E-state index contributed by atoms with van der Waals surface area (Å²) < 4.78 is 13.4. The molecule has 1 unspecified atom stereocenters. The van der Waals surface area contributed by atoms with Crippen LogP contribution in [0.15, 0.2) is 87.9 Å². The maximum Gasteiger partial charge on any atom is 0.331 e. The number of hydrogen-bond acceptors (Lipinski definition) is 5. The molecule has 1 N–H and O–H groups in total. The molecule has 0 spiro atoms. The first-order valence-corrected chi connectivity index (χ1v) is 13.5. The molecule has 6 nitrogen and oxygen atoms in total. The van der Waals surface area contributed by atoms with Crippen molar-refractivity contribution >= 4 is 50.3 Å². The molecule has 0 radical (unpaired) electrons. The zero-order chi connectivity index (χ0) is 25.1. The van der Waals surface area contributed by atoms with Crippen LogP contribution in [0.25, 0.3) is 21.1 Å². The van der Waals surface area contributed by atoms with Gasteiger partial charge in [-0.1, -0.05) is 42.5 Å². The van der Waals surface area contributed by atoms with E-state index >= 15 is 0 Å². The van der Waals surface area contributed by atoms with E-state index in [1.165, 1.54) is 27.6 Å². The zero-order valence-electron chi connectivity index (χ0n) is 20.1. The zero-order valence-corrected chi connectivity index (χ0v) is 21.8. The van der Waals surface area contributed by atoms with Gasteiger partial charge in [-0.25, -0.2) is 4.79 Å². The SMILES string of the molecule is CCOC(CC(=O)NSc1ccccc1)n1c(=O)n(Cc2csc3cccc(C)c23)c2ccccc21. The Morgan fingerprint density at radius 2 is 1.78 bits per heavy atom. The Bertz CT molecular complexity index is 1570. The number of imidazole rings is 1. The third kappa shape index (κ3) is 4.84. The Morgan fingerprint density at radius 1 is 1.03 bits per heavy atom. The molecule has 0 aliphatic rings. The number of rotatable bonds is 9. The van der Waals surface area contributed by atoms with Gasteiger partial charge in [-0.2, -0.15) is 0 Å². The number of nitrogens with one attached hydrogen (secondary N) is 1. The van der Waals surface area contributed by atoms with E-state index in [1.807, 2.05) is 61.5 Å². The van der Waals surface area contributed by atoms with E-state index in [1.54, 1.807) is 20.5 Å². The number of hydrogen-bond donors (Lipinski definition) is 1. The monoisotopic (exact) mass is 517 g/mol. The largest absolute Gasteiger partial charge is 0.358 e. The number of thiophene rings is 1. The highest BCUT2D eigenvalue weighted by atomic mass is 32.2. The van der Waals surface area contributed by atoms with E-state index in [-0.39, 0.29) is 18.0 Å². The standard InChI is InChI=1S/C28H27N3O3S2/c1-3-34-26(16-25(32)29-36-21-11-5-4-6-12-21)31-23-14-8-7-13-22(23)30(28(31)33)17-20-18-35-24-15-9-10-19(2)27(20)24/h4-15,18,26H,3,16-17H2,1-2H3,(H,29,32). The Labute approximate surface area is 217 Å². The van der Waals surface area contributed by atoms with Crippen molar-refractivity contribution in [2.24, 2.45) is 0 Å². The van der Waals surface area contributed by atoms with Gasteiger partial charge in [0.25, 0.3) is 0 Å². The van der Waals surface area contributed by atoms with Crippen LogP contribution in [0.3, 0.4) is 0 Å². The highest BCUT2D eigenvalue weighted by Crippen LogP contribution is 2.30. The summed E-state index contributed by atoms with van der Waals surface area (Å²) in [5.41, 5.74) is 3.69. The Balaban J connectivity index is 1.48. The van der Waals surface area contributed by atoms with Crippen LogP contribution in [0.5, 0.6) is 0 Å². The summed E-state index contributed by atoms with van der Waals surface area (Å²) in [5.74, 6) is -0.203. The van der Waals surface area contributed by atoms with Crippen LogP contribution < -0.4 is 10.4 Å². The van der Waals surface area contributed by atoms with E-state index in [0.29, 0.717) is 13.2 Å². The normalized spacial score (nSPS) is 12.3. The van der Waals surface area contributed by atoms with Gasteiger partial charge in [-0.3, -0.25) is 18.7 Å². The second-order valence-corrected chi connectivity index (χ2v) is 10.3. The summed E-state index contributed by atoms with van der Waals surface area (Å²) >= 11 is 2.95. The second kappa shape index (κ2) is 10.7. The highest BCUT2D eigenvalue weighted by Gasteiger charge is 2.24. The molecule has 0 saturated carbocycles. The lowest BCUT2D eigenvalue weighted by Crippen LogP contribution is -2.32. The highest BCUT2D eigenvalue weighted by molar-refractivity contribution is 7.98. The van der Waals surface area contributed by atoms with E-state index < -0.39 is 6.23 Å². The number of fused-ring (bicyclic) bond motifs is 2. The smallest absolute Gasteiger partial charge is 0.331 e. The van der Waals surface area contributed by atoms with Crippen molar-refractivity contribution in [3.05, 3.63) is 99.8 Å². The van der Waals surface area contributed by atoms with Crippen LogP contribution in [0.1, 0.15) is 30.7 Å². The molecule has 36 heavy (non-hydrogen) atoms. The first kappa shape index (κ1) is 24.4. The minimum Gasteiger partial charge on any atom is -0.358 e. The van der Waals surface area contributed by atoms with Crippen molar-refractivity contribution in [3.63, 3.8) is 0 Å². The average Bonchev–Trinajstić information content (AvgIpc) is 3.43. The molecule has 2 heterocycles. The predicted octanol–water partition coefficient (Wildman–Crippen LogP) is 6.12. The van der Waals surface area contributed by atoms with Crippen molar-refractivity contribution in [3.8, 4) is 0 Å². The first-order valence-electron chi connectivity index (χ1n) is 11.8. The number of aryl methyl sites for hydroxylation is 1. The Kier molecular flexibility index (Phi) is 7.27. The number of carbonyl (C=O) groups excluding carboxylic acids is 1. The third-order valence-corrected chi connectivity index (χ3v) is 7.95. The fourth-order valence-corrected chi connectivity index (χ4v) is 6.15. The van der Waals surface area contributed by atoms with Gasteiger partial charge in [-0.05, 0) is 72.6 Å². The molecule has 0 fully saturated rings. The number of aromatic nitrogens is 2. The van der Waals surface area contributed by atoms with Gasteiger partial charge in [0.05, 0.1) is 24.0 Å². The molecule has 5 rings (SSSR count). The number of amides is 1. The number of carbonyl (C=O) groups is 1. The molecule has 0 aliphatic heterocycles. The van der Waals surface area contributed by atoms with Gasteiger partial charge in [-0.15, -0.1) is 11.3 Å². The molecule has 0 saturated heterocycles. The van der Waals surface area contributed by atoms with Gasteiger partial charge in [0.15, 0.2) is 0 Å². The maximum atomic E-state index is 13.8. The van der Waals surface area contributed by atoms with Crippen molar-refractivity contribution in [2.45, 2.75) is 37.9 Å². The van der Waals surface area contributed by atoms with Crippen molar-refractivity contribution in [1.82, 2.24) is 13.9 Å². The molecule has 0 aliphatic carbocycles. The van der Waals surface area contributed by atoms with Crippen LogP contribution in [-0.4, -0.2) is 21.6 Å². The average molecular weight is 518 g/mol. The van der Waals surface area contributed by atoms with E-state index in [0.717, 1.165) is 21.5 Å². The molecule has 5 aromatic rings. The van der Waals surface area contributed by atoms with Gasteiger partial charge >= 0.3 is 5.69 Å². The van der Waals surface area contributed by atoms with Crippen LogP contribution in [0, 0.1) is 6.92 Å². The second-order valence-electron chi connectivity index (χ2n) is 8.49. The summed E-state index contributed by atoms with van der Waals surface area (Å²) in [4.78, 5) is 27.6. The molecule has 1 amide bonds. The quantitative estimate of drug-likeness (QED) is 0.239. The Morgan fingerprint density at radius 3 is 2.56 bits per heavy atom. The molecule has 8 heteroatoms. The lowest BCUT2D eigenvalue weighted by atomic mass is 10.1. The molecule has 3 aromatic carbocycles. The molecule has 2 aromatic heterocycles. The number of nitrogens with zero attached hydrogens (tertiary/aromatic N) is 2. The molecular weight excluding hydrogens is 490 g/mol. The Hall–Kier alpha value is -3.33. The van der Waals surface area contributed by atoms with Crippen molar-refractivity contribution in [2.75, 3.05) is 6.61 Å². The number of ether oxygens (including phenoxy) is 1. The van der Waals surface area contributed by atoms with E-state index in [9.17, 15) is 9.59 Å². The fraction of sp³-hybridized carbons (Fsp3) is 0.214. The molecule has 0 bridgehead atoms. The molecule has 184 valence electrons. The molecule has 1 atom stereocenters.